The zero-order chi connectivity index (χ0) is 16.2. The number of carbonyl (C=O) groups is 2. The largest absolute Gasteiger partial charge is 0.325 e. The lowest BCUT2D eigenvalue weighted by atomic mass is 10.2. The Morgan fingerprint density at radius 2 is 2.17 bits per heavy atom. The third-order valence-corrected chi connectivity index (χ3v) is 4.26. The van der Waals surface area contributed by atoms with Crippen molar-refractivity contribution in [1.82, 2.24) is 20.1 Å². The van der Waals surface area contributed by atoms with Crippen LogP contribution in [0.3, 0.4) is 0 Å². The molecule has 1 aliphatic heterocycles. The van der Waals surface area contributed by atoms with Crippen molar-refractivity contribution < 1.29 is 9.59 Å². The quantitative estimate of drug-likeness (QED) is 0.730. The van der Waals surface area contributed by atoms with Gasteiger partial charge >= 0.3 is 0 Å². The van der Waals surface area contributed by atoms with Crippen LogP contribution in [-0.2, 0) is 16.1 Å². The second kappa shape index (κ2) is 6.80. The number of aromatic amines is 1. The molecular formula is C14H16N6O2S. The Balaban J connectivity index is 1.60. The number of nitrogens with zero attached hydrogens (tertiary/aromatic N) is 3. The number of amides is 2. The van der Waals surface area contributed by atoms with E-state index in [0.717, 1.165) is 5.56 Å². The van der Waals surface area contributed by atoms with Crippen LogP contribution in [0, 0.1) is 0 Å². The van der Waals surface area contributed by atoms with Crippen molar-refractivity contribution in [2.24, 2.45) is 5.73 Å². The van der Waals surface area contributed by atoms with Gasteiger partial charge in [0.2, 0.25) is 11.8 Å². The summed E-state index contributed by atoms with van der Waals surface area (Å²) in [5, 5.41) is 9.60. The Labute approximate surface area is 136 Å². The second-order valence-electron chi connectivity index (χ2n) is 5.00. The van der Waals surface area contributed by atoms with Crippen LogP contribution in [0.2, 0.25) is 0 Å². The van der Waals surface area contributed by atoms with Crippen LogP contribution >= 0.6 is 11.8 Å². The Kier molecular flexibility index (Phi) is 4.58. The van der Waals surface area contributed by atoms with Crippen LogP contribution in [0.5, 0.6) is 0 Å². The molecule has 1 aromatic carbocycles. The topological polar surface area (TPSA) is 117 Å². The number of aromatic nitrogens is 3. The van der Waals surface area contributed by atoms with E-state index in [1.54, 1.807) is 12.1 Å². The van der Waals surface area contributed by atoms with E-state index in [2.05, 4.69) is 20.5 Å². The van der Waals surface area contributed by atoms with Crippen molar-refractivity contribution in [1.29, 1.82) is 0 Å². The normalized spacial score (nSPS) is 14.3. The average Bonchev–Trinajstić information content (AvgIpc) is 3.18. The van der Waals surface area contributed by atoms with Crippen molar-refractivity contribution in [3.63, 3.8) is 0 Å². The summed E-state index contributed by atoms with van der Waals surface area (Å²) in [6.45, 7) is 0.378. The van der Waals surface area contributed by atoms with Gasteiger partial charge < -0.3 is 16.0 Å². The van der Waals surface area contributed by atoms with E-state index in [1.165, 1.54) is 16.7 Å². The first-order chi connectivity index (χ1) is 11.2. The lowest BCUT2D eigenvalue weighted by molar-refractivity contribution is -0.130. The van der Waals surface area contributed by atoms with Crippen molar-refractivity contribution in [3.05, 3.63) is 30.1 Å². The number of H-pyrrole nitrogens is 1. The summed E-state index contributed by atoms with van der Waals surface area (Å²) in [6.07, 6.45) is 0. The maximum atomic E-state index is 12.0. The number of carbonyl (C=O) groups excluding carboxylic acids is 2. The molecule has 120 valence electrons. The van der Waals surface area contributed by atoms with Gasteiger partial charge in [0.25, 0.3) is 0 Å². The van der Waals surface area contributed by atoms with Gasteiger partial charge in [0.1, 0.15) is 12.4 Å². The summed E-state index contributed by atoms with van der Waals surface area (Å²) in [5.41, 5.74) is 6.97. The molecule has 23 heavy (non-hydrogen) atoms. The number of hydrogen-bond donors (Lipinski definition) is 3. The van der Waals surface area contributed by atoms with Crippen LogP contribution in [0.1, 0.15) is 5.82 Å². The summed E-state index contributed by atoms with van der Waals surface area (Å²) >= 11 is 1.51. The molecule has 2 heterocycles. The first kappa shape index (κ1) is 15.5. The lowest BCUT2D eigenvalue weighted by Crippen LogP contribution is -2.34. The van der Waals surface area contributed by atoms with E-state index < -0.39 is 0 Å². The summed E-state index contributed by atoms with van der Waals surface area (Å²) in [5.74, 6) is 1.98. The van der Waals surface area contributed by atoms with Crippen LogP contribution in [0.4, 0.5) is 5.69 Å². The molecule has 1 aliphatic rings. The summed E-state index contributed by atoms with van der Waals surface area (Å²) in [7, 11) is 0. The molecule has 4 N–H and O–H groups in total. The van der Waals surface area contributed by atoms with Gasteiger partial charge in [-0.2, -0.15) is 5.10 Å². The molecule has 3 rings (SSSR count). The average molecular weight is 332 g/mol. The number of nitrogens with two attached hydrogens (primary N) is 1. The molecule has 1 aromatic heterocycles. The maximum absolute atomic E-state index is 12.0. The standard InChI is InChI=1S/C14H16N6O2S/c15-5-11-17-14(19-18-11)9-1-3-10(4-2-9)16-12(21)6-20-8-23-7-13(20)22/h1-4H,5-8,15H2,(H,16,21)(H,17,18,19). The van der Waals surface area contributed by atoms with E-state index in [4.69, 9.17) is 5.73 Å². The second-order valence-corrected chi connectivity index (χ2v) is 5.96. The Bertz CT molecular complexity index is 714. The highest BCUT2D eigenvalue weighted by atomic mass is 32.2. The summed E-state index contributed by atoms with van der Waals surface area (Å²) in [4.78, 5) is 29.2. The lowest BCUT2D eigenvalue weighted by Gasteiger charge is -2.14. The minimum Gasteiger partial charge on any atom is -0.325 e. The molecule has 0 saturated carbocycles. The first-order valence-electron chi connectivity index (χ1n) is 7.03. The molecule has 1 fully saturated rings. The Morgan fingerprint density at radius 3 is 2.78 bits per heavy atom. The highest BCUT2D eigenvalue weighted by molar-refractivity contribution is 8.00. The highest BCUT2D eigenvalue weighted by Gasteiger charge is 2.22. The van der Waals surface area contributed by atoms with E-state index >= 15 is 0 Å². The van der Waals surface area contributed by atoms with E-state index in [9.17, 15) is 9.59 Å². The zero-order valence-corrected chi connectivity index (χ0v) is 13.1. The van der Waals surface area contributed by atoms with Gasteiger partial charge in [0.05, 0.1) is 18.2 Å². The molecule has 2 aromatic rings. The molecule has 2 amide bonds. The van der Waals surface area contributed by atoms with Gasteiger partial charge in [-0.3, -0.25) is 14.7 Å². The number of thioether (sulfide) groups is 1. The highest BCUT2D eigenvalue weighted by Crippen LogP contribution is 2.18. The fraction of sp³-hybridized carbons (Fsp3) is 0.286. The number of nitrogens with one attached hydrogen (secondary N) is 2. The van der Waals surface area contributed by atoms with Crippen LogP contribution < -0.4 is 11.1 Å². The molecule has 0 atom stereocenters. The van der Waals surface area contributed by atoms with Crippen LogP contribution in [0.15, 0.2) is 24.3 Å². The van der Waals surface area contributed by atoms with Gasteiger partial charge in [0.15, 0.2) is 5.82 Å². The number of benzene rings is 1. The molecular weight excluding hydrogens is 316 g/mol. The molecule has 0 bridgehead atoms. The van der Waals surface area contributed by atoms with Gasteiger partial charge in [-0.25, -0.2) is 4.98 Å². The van der Waals surface area contributed by atoms with Gasteiger partial charge in [-0.15, -0.1) is 11.8 Å². The molecule has 0 unspecified atom stereocenters. The van der Waals surface area contributed by atoms with E-state index in [-0.39, 0.29) is 18.4 Å². The van der Waals surface area contributed by atoms with Crippen LogP contribution in [0.25, 0.3) is 11.4 Å². The number of rotatable bonds is 5. The summed E-state index contributed by atoms with van der Waals surface area (Å²) in [6, 6.07) is 7.17. The Morgan fingerprint density at radius 1 is 1.39 bits per heavy atom. The predicted octanol–water partition coefficient (Wildman–Crippen LogP) is 0.402. The minimum absolute atomic E-state index is 0.000752. The fourth-order valence-corrected chi connectivity index (χ4v) is 3.04. The Hall–Kier alpha value is -2.39. The SMILES string of the molecule is NCc1nc(-c2ccc(NC(=O)CN3CSCC3=O)cc2)n[nH]1. The summed E-state index contributed by atoms with van der Waals surface area (Å²) < 4.78 is 0. The van der Waals surface area contributed by atoms with Gasteiger partial charge in [-0.05, 0) is 24.3 Å². The molecule has 0 aliphatic carbocycles. The van der Waals surface area contributed by atoms with Crippen molar-refractivity contribution >= 4 is 29.3 Å². The van der Waals surface area contributed by atoms with Gasteiger partial charge in [-0.1, -0.05) is 0 Å². The monoisotopic (exact) mass is 332 g/mol. The van der Waals surface area contributed by atoms with Crippen molar-refractivity contribution in [2.45, 2.75) is 6.54 Å². The van der Waals surface area contributed by atoms with Crippen LogP contribution in [-0.4, -0.2) is 50.1 Å². The number of anilines is 1. The van der Waals surface area contributed by atoms with Crippen molar-refractivity contribution in [2.75, 3.05) is 23.5 Å². The maximum Gasteiger partial charge on any atom is 0.244 e. The third-order valence-electron chi connectivity index (χ3n) is 3.31. The molecule has 9 heteroatoms. The number of hydrogen-bond acceptors (Lipinski definition) is 6. The molecule has 1 saturated heterocycles. The molecule has 0 radical (unpaired) electrons. The third kappa shape index (κ3) is 3.69. The van der Waals surface area contributed by atoms with E-state index in [1.807, 2.05) is 12.1 Å². The first-order valence-corrected chi connectivity index (χ1v) is 8.18. The van der Waals surface area contributed by atoms with Gasteiger partial charge in [0, 0.05) is 11.3 Å². The predicted molar refractivity (Wildman–Crippen MR) is 87.4 cm³/mol. The van der Waals surface area contributed by atoms with E-state index in [0.29, 0.717) is 35.5 Å². The zero-order valence-electron chi connectivity index (χ0n) is 12.3. The smallest absolute Gasteiger partial charge is 0.244 e. The van der Waals surface area contributed by atoms with Crippen molar-refractivity contribution in [3.8, 4) is 11.4 Å². The molecule has 0 spiro atoms. The fourth-order valence-electron chi connectivity index (χ4n) is 2.13. The minimum atomic E-state index is -0.211. The molecule has 8 nitrogen and oxygen atoms in total.